The molecule has 0 aromatic heterocycles. The van der Waals surface area contributed by atoms with Crippen LogP contribution in [0.15, 0.2) is 36.1 Å². The van der Waals surface area contributed by atoms with E-state index >= 15 is 0 Å². The fourth-order valence-corrected chi connectivity index (χ4v) is 2.40. The van der Waals surface area contributed by atoms with Gasteiger partial charge >= 0.3 is 5.97 Å². The second-order valence-corrected chi connectivity index (χ2v) is 5.58. The monoisotopic (exact) mass is 339 g/mol. The van der Waals surface area contributed by atoms with Crippen molar-refractivity contribution in [3.63, 3.8) is 0 Å². The molecule has 0 radical (unpaired) electrons. The highest BCUT2D eigenvalue weighted by Gasteiger charge is 2.46. The van der Waals surface area contributed by atoms with E-state index in [1.807, 2.05) is 0 Å². The summed E-state index contributed by atoms with van der Waals surface area (Å²) >= 11 is 0. The Balaban J connectivity index is 2.21. The van der Waals surface area contributed by atoms with Gasteiger partial charge in [-0.3, -0.25) is 0 Å². The summed E-state index contributed by atoms with van der Waals surface area (Å²) in [5.74, 6) is -1.58. The van der Waals surface area contributed by atoms with Crippen LogP contribution >= 0.6 is 0 Å². The fourth-order valence-electron chi connectivity index (χ4n) is 2.40. The van der Waals surface area contributed by atoms with E-state index in [2.05, 4.69) is 0 Å². The van der Waals surface area contributed by atoms with Crippen molar-refractivity contribution >= 4 is 12.0 Å². The molecule has 24 heavy (non-hydrogen) atoms. The number of carbonyl (C=O) groups is 1. The zero-order chi connectivity index (χ0) is 17.9. The van der Waals surface area contributed by atoms with Gasteiger partial charge in [-0.1, -0.05) is 30.3 Å². The summed E-state index contributed by atoms with van der Waals surface area (Å²) in [7, 11) is 0. The van der Waals surface area contributed by atoms with E-state index in [1.165, 1.54) is 13.0 Å². The van der Waals surface area contributed by atoms with Gasteiger partial charge in [0.15, 0.2) is 12.4 Å². The third-order valence-electron chi connectivity index (χ3n) is 3.76. The number of carboxylic acid groups (broad SMARTS) is 1. The normalized spacial score (nSPS) is 32.3. The van der Waals surface area contributed by atoms with Crippen LogP contribution in [-0.2, 0) is 14.3 Å². The summed E-state index contributed by atoms with van der Waals surface area (Å²) in [6.45, 7) is 1.28. The summed E-state index contributed by atoms with van der Waals surface area (Å²) in [6.07, 6.45) is -5.39. The molecule has 1 heterocycles. The number of aliphatic carboxylic acids is 1. The highest BCUT2D eigenvalue weighted by molar-refractivity contribution is 5.71. The average Bonchev–Trinajstić information content (AvgIpc) is 2.55. The summed E-state index contributed by atoms with van der Waals surface area (Å²) in [5.41, 5.74) is 6.38. The molecule has 1 unspecified atom stereocenters. The van der Waals surface area contributed by atoms with Gasteiger partial charge in [0, 0.05) is 0 Å². The van der Waals surface area contributed by atoms with Gasteiger partial charge in [-0.2, -0.15) is 0 Å². The first-order valence-corrected chi connectivity index (χ1v) is 7.42. The Kier molecular flexibility index (Phi) is 5.92. The first-order valence-electron chi connectivity index (χ1n) is 7.42. The summed E-state index contributed by atoms with van der Waals surface area (Å²) in [5, 5.41) is 39.4. The predicted molar refractivity (Wildman–Crippen MR) is 83.9 cm³/mol. The number of aliphatic hydroxyl groups is 3. The molecule has 1 aliphatic rings. The van der Waals surface area contributed by atoms with Crippen molar-refractivity contribution in [1.29, 1.82) is 0 Å². The van der Waals surface area contributed by atoms with Crippen LogP contribution in [0.1, 0.15) is 12.5 Å². The first kappa shape index (κ1) is 18.4. The third-order valence-corrected chi connectivity index (χ3v) is 3.76. The van der Waals surface area contributed by atoms with Crippen LogP contribution in [0.3, 0.4) is 0 Å². The highest BCUT2D eigenvalue weighted by atomic mass is 16.6. The van der Waals surface area contributed by atoms with Gasteiger partial charge in [-0.25, -0.2) is 4.79 Å². The lowest BCUT2D eigenvalue weighted by Crippen LogP contribution is -2.63. The van der Waals surface area contributed by atoms with Crippen LogP contribution in [0, 0.1) is 0 Å². The van der Waals surface area contributed by atoms with E-state index in [9.17, 15) is 20.1 Å². The molecule has 1 fully saturated rings. The van der Waals surface area contributed by atoms with Gasteiger partial charge in [0.1, 0.15) is 24.1 Å². The molecule has 1 aromatic rings. The van der Waals surface area contributed by atoms with Crippen LogP contribution in [0.2, 0.25) is 0 Å². The van der Waals surface area contributed by atoms with E-state index in [-0.39, 0.29) is 5.76 Å². The highest BCUT2D eigenvalue weighted by Crippen LogP contribution is 2.26. The second-order valence-electron chi connectivity index (χ2n) is 5.58. The summed E-state index contributed by atoms with van der Waals surface area (Å²) in [4.78, 5) is 10.9. The van der Waals surface area contributed by atoms with Crippen molar-refractivity contribution in [2.45, 2.75) is 43.7 Å². The number of carboxylic acids is 1. The number of nitrogens with two attached hydrogens (primary N) is 1. The first-order chi connectivity index (χ1) is 11.3. The van der Waals surface area contributed by atoms with Gasteiger partial charge in [-0.05, 0) is 18.6 Å². The standard InChI is InChI=1S/C16H21NO7/c1-8(15(20)21)23-14-11(17)16(22)24-13(12(14)19)10(18)7-9-5-3-2-4-6-9/h2-8,11-14,16,18-19,22H,17H2,1H3,(H,20,21)/t8?,11-,12-,13-,14-,16+/m1/s1. The van der Waals surface area contributed by atoms with Crippen molar-refractivity contribution in [3.8, 4) is 0 Å². The number of hydrogen-bond donors (Lipinski definition) is 5. The molecule has 0 amide bonds. The molecule has 6 N–H and O–H groups in total. The van der Waals surface area contributed by atoms with E-state index in [0.29, 0.717) is 5.56 Å². The zero-order valence-electron chi connectivity index (χ0n) is 13.0. The third kappa shape index (κ3) is 4.11. The zero-order valence-corrected chi connectivity index (χ0v) is 13.0. The molecule has 8 nitrogen and oxygen atoms in total. The van der Waals surface area contributed by atoms with Crippen LogP contribution in [0.4, 0.5) is 0 Å². The van der Waals surface area contributed by atoms with Crippen LogP contribution in [-0.4, -0.2) is 63.1 Å². The minimum Gasteiger partial charge on any atom is -0.509 e. The Morgan fingerprint density at radius 2 is 1.92 bits per heavy atom. The Labute approximate surface area is 138 Å². The maximum absolute atomic E-state index is 10.9. The van der Waals surface area contributed by atoms with Gasteiger partial charge in [-0.15, -0.1) is 0 Å². The summed E-state index contributed by atoms with van der Waals surface area (Å²) in [6, 6.07) is 7.63. The molecule has 1 aromatic carbocycles. The van der Waals surface area contributed by atoms with Crippen molar-refractivity contribution in [2.75, 3.05) is 0 Å². The molecule has 0 bridgehead atoms. The molecule has 0 aliphatic carbocycles. The molecular weight excluding hydrogens is 318 g/mol. The maximum Gasteiger partial charge on any atom is 0.332 e. The maximum atomic E-state index is 10.9. The minimum atomic E-state index is -1.53. The van der Waals surface area contributed by atoms with Crippen LogP contribution in [0.5, 0.6) is 0 Å². The average molecular weight is 339 g/mol. The number of hydrogen-bond acceptors (Lipinski definition) is 7. The van der Waals surface area contributed by atoms with Crippen LogP contribution < -0.4 is 5.73 Å². The Morgan fingerprint density at radius 3 is 2.50 bits per heavy atom. The molecule has 6 atom stereocenters. The lowest BCUT2D eigenvalue weighted by atomic mass is 9.95. The summed E-state index contributed by atoms with van der Waals surface area (Å²) < 4.78 is 10.4. The molecular formula is C16H21NO7. The molecule has 1 aliphatic heterocycles. The fraction of sp³-hybridized carbons (Fsp3) is 0.438. The Hall–Kier alpha value is -1.97. The lowest BCUT2D eigenvalue weighted by Gasteiger charge is -2.41. The second kappa shape index (κ2) is 7.73. The number of rotatable bonds is 5. The molecule has 2 rings (SSSR count). The number of ether oxygens (including phenoxy) is 2. The lowest BCUT2D eigenvalue weighted by molar-refractivity contribution is -0.253. The molecule has 132 valence electrons. The van der Waals surface area contributed by atoms with Gasteiger partial charge < -0.3 is 35.6 Å². The number of aliphatic hydroxyl groups excluding tert-OH is 3. The quantitative estimate of drug-likeness (QED) is 0.466. The van der Waals surface area contributed by atoms with E-state index in [1.54, 1.807) is 30.3 Å². The number of benzene rings is 1. The van der Waals surface area contributed by atoms with E-state index < -0.39 is 42.7 Å². The van der Waals surface area contributed by atoms with Gasteiger partial charge in [0.2, 0.25) is 0 Å². The molecule has 1 saturated heterocycles. The van der Waals surface area contributed by atoms with Crippen molar-refractivity contribution < 1.29 is 34.7 Å². The molecule has 0 saturated carbocycles. The van der Waals surface area contributed by atoms with Gasteiger partial charge in [0.05, 0.1) is 6.04 Å². The minimum absolute atomic E-state index is 0.337. The van der Waals surface area contributed by atoms with Crippen molar-refractivity contribution in [3.05, 3.63) is 41.7 Å². The molecule has 8 heteroatoms. The Morgan fingerprint density at radius 1 is 1.29 bits per heavy atom. The van der Waals surface area contributed by atoms with Crippen molar-refractivity contribution in [2.24, 2.45) is 5.73 Å². The van der Waals surface area contributed by atoms with Crippen LogP contribution in [0.25, 0.3) is 6.08 Å². The molecule has 0 spiro atoms. The van der Waals surface area contributed by atoms with Crippen molar-refractivity contribution in [1.82, 2.24) is 0 Å². The van der Waals surface area contributed by atoms with Gasteiger partial charge in [0.25, 0.3) is 0 Å². The Bertz CT molecular complexity index is 591. The SMILES string of the molecule is CC(O[C@@H]1[C@@H](N)[C@@H](O)O[C@H](C(O)=Cc2ccccc2)[C@H]1O)C(=O)O. The predicted octanol–water partition coefficient (Wildman–Crippen LogP) is -0.151. The topological polar surface area (TPSA) is 142 Å². The largest absolute Gasteiger partial charge is 0.509 e. The van der Waals surface area contributed by atoms with E-state index in [0.717, 1.165) is 0 Å². The van der Waals surface area contributed by atoms with E-state index in [4.69, 9.17) is 20.3 Å². The smallest absolute Gasteiger partial charge is 0.332 e.